The van der Waals surface area contributed by atoms with Crippen molar-refractivity contribution in [3.8, 4) is 11.4 Å². The van der Waals surface area contributed by atoms with Crippen molar-refractivity contribution in [1.82, 2.24) is 9.55 Å². The molecule has 1 amide bonds. The lowest BCUT2D eigenvalue weighted by Gasteiger charge is -2.09. The lowest BCUT2D eigenvalue weighted by Crippen LogP contribution is -2.05. The quantitative estimate of drug-likeness (QED) is 0.847. The highest BCUT2D eigenvalue weighted by atomic mass is 16.5. The zero-order valence-electron chi connectivity index (χ0n) is 10.8. The van der Waals surface area contributed by atoms with Crippen LogP contribution in [0.4, 0.5) is 0 Å². The predicted molar refractivity (Wildman–Crippen MR) is 73.1 cm³/mol. The van der Waals surface area contributed by atoms with Crippen LogP contribution in [0, 0.1) is 6.92 Å². The van der Waals surface area contributed by atoms with Gasteiger partial charge in [-0.2, -0.15) is 0 Å². The fraction of sp³-hybridized carbons (Fsp3) is 0.143. The molecule has 2 aromatic rings. The zero-order chi connectivity index (χ0) is 13.8. The molecule has 19 heavy (non-hydrogen) atoms. The molecule has 0 aliphatic heterocycles. The van der Waals surface area contributed by atoms with E-state index in [9.17, 15) is 4.79 Å². The summed E-state index contributed by atoms with van der Waals surface area (Å²) in [5.41, 5.74) is 7.73. The number of hydrogen-bond donors (Lipinski definition) is 1. The molecule has 2 N–H and O–H groups in total. The van der Waals surface area contributed by atoms with E-state index >= 15 is 0 Å². The van der Waals surface area contributed by atoms with Gasteiger partial charge < -0.3 is 15.0 Å². The van der Waals surface area contributed by atoms with Crippen molar-refractivity contribution < 1.29 is 9.53 Å². The molecule has 5 heteroatoms. The van der Waals surface area contributed by atoms with Crippen LogP contribution in [0.1, 0.15) is 11.3 Å². The van der Waals surface area contributed by atoms with Crippen LogP contribution in [0.5, 0.6) is 5.75 Å². The van der Waals surface area contributed by atoms with Gasteiger partial charge in [-0.3, -0.25) is 4.79 Å². The molecular weight excluding hydrogens is 242 g/mol. The topological polar surface area (TPSA) is 70.1 Å². The van der Waals surface area contributed by atoms with E-state index < -0.39 is 5.91 Å². The van der Waals surface area contributed by atoms with Gasteiger partial charge in [-0.25, -0.2) is 4.98 Å². The van der Waals surface area contributed by atoms with Gasteiger partial charge in [0, 0.05) is 12.3 Å². The third-order valence-electron chi connectivity index (χ3n) is 2.63. The largest absolute Gasteiger partial charge is 0.495 e. The lowest BCUT2D eigenvalue weighted by molar-refractivity contribution is -0.113. The van der Waals surface area contributed by atoms with Gasteiger partial charge in [0.25, 0.3) is 0 Å². The highest BCUT2D eigenvalue weighted by molar-refractivity contribution is 5.90. The third kappa shape index (κ3) is 3.01. The minimum absolute atomic E-state index is 0.478. The van der Waals surface area contributed by atoms with E-state index in [-0.39, 0.29) is 0 Å². The van der Waals surface area contributed by atoms with Crippen molar-refractivity contribution in [2.75, 3.05) is 7.11 Å². The number of aromatic nitrogens is 2. The Hall–Kier alpha value is -2.56. The van der Waals surface area contributed by atoms with Crippen LogP contribution >= 0.6 is 0 Å². The number of rotatable bonds is 4. The van der Waals surface area contributed by atoms with Crippen LogP contribution in [0.15, 0.2) is 36.8 Å². The number of amides is 1. The van der Waals surface area contributed by atoms with Crippen LogP contribution in [-0.4, -0.2) is 22.6 Å². The summed E-state index contributed by atoms with van der Waals surface area (Å²) < 4.78 is 7.24. The average molecular weight is 257 g/mol. The highest BCUT2D eigenvalue weighted by Gasteiger charge is 2.06. The van der Waals surface area contributed by atoms with Crippen molar-refractivity contribution in [3.63, 3.8) is 0 Å². The Morgan fingerprint density at radius 2 is 2.26 bits per heavy atom. The highest BCUT2D eigenvalue weighted by Crippen LogP contribution is 2.25. The first-order valence-electron chi connectivity index (χ1n) is 5.76. The Bertz CT molecular complexity index is 629. The van der Waals surface area contributed by atoms with Crippen LogP contribution in [0.2, 0.25) is 0 Å². The summed E-state index contributed by atoms with van der Waals surface area (Å²) in [5, 5.41) is 0. The van der Waals surface area contributed by atoms with Crippen LogP contribution in [0.3, 0.4) is 0 Å². The number of methoxy groups -OCH3 is 1. The maximum absolute atomic E-state index is 10.7. The lowest BCUT2D eigenvalue weighted by atomic mass is 10.1. The molecule has 0 atom stereocenters. The fourth-order valence-corrected chi connectivity index (χ4v) is 1.74. The number of imidazole rings is 1. The predicted octanol–water partition coefficient (Wildman–Crippen LogP) is 1.69. The SMILES string of the molecule is COc1cc(/C=C/C(N)=O)ccc1-n1cnc(C)c1. The molecular formula is C14H15N3O2. The molecule has 0 bridgehead atoms. The summed E-state index contributed by atoms with van der Waals surface area (Å²) in [6, 6.07) is 5.62. The van der Waals surface area contributed by atoms with Gasteiger partial charge in [0.05, 0.1) is 24.8 Å². The minimum Gasteiger partial charge on any atom is -0.495 e. The Morgan fingerprint density at radius 3 is 2.84 bits per heavy atom. The maximum Gasteiger partial charge on any atom is 0.241 e. The molecule has 98 valence electrons. The van der Waals surface area contributed by atoms with Gasteiger partial charge in [-0.15, -0.1) is 0 Å². The van der Waals surface area contributed by atoms with Gasteiger partial charge in [0.1, 0.15) is 5.75 Å². The smallest absolute Gasteiger partial charge is 0.241 e. The molecule has 0 saturated carbocycles. The number of benzene rings is 1. The molecule has 0 fully saturated rings. The average Bonchev–Trinajstić information content (AvgIpc) is 2.82. The number of nitrogens with two attached hydrogens (primary N) is 1. The standard InChI is InChI=1S/C14H15N3O2/c1-10-8-17(9-16-10)12-5-3-11(4-6-14(15)18)7-13(12)19-2/h3-9H,1-2H3,(H2,15,18)/b6-4+. The van der Waals surface area contributed by atoms with Crippen molar-refractivity contribution in [2.24, 2.45) is 5.73 Å². The molecule has 0 spiro atoms. The van der Waals surface area contributed by atoms with Crippen molar-refractivity contribution in [1.29, 1.82) is 0 Å². The van der Waals surface area contributed by atoms with Crippen LogP contribution in [-0.2, 0) is 4.79 Å². The molecule has 0 aliphatic rings. The molecule has 0 saturated heterocycles. The first-order chi connectivity index (χ1) is 9.10. The zero-order valence-corrected chi connectivity index (χ0v) is 10.8. The van der Waals surface area contributed by atoms with Crippen LogP contribution in [0.25, 0.3) is 11.8 Å². The Morgan fingerprint density at radius 1 is 1.47 bits per heavy atom. The first-order valence-corrected chi connectivity index (χ1v) is 5.76. The van der Waals surface area contributed by atoms with E-state index in [0.717, 1.165) is 16.9 Å². The third-order valence-corrected chi connectivity index (χ3v) is 2.63. The van der Waals surface area contributed by atoms with Gasteiger partial charge in [0.15, 0.2) is 0 Å². The summed E-state index contributed by atoms with van der Waals surface area (Å²) in [6.07, 6.45) is 6.60. The van der Waals surface area contributed by atoms with Gasteiger partial charge >= 0.3 is 0 Å². The molecule has 1 aromatic carbocycles. The molecule has 0 aliphatic carbocycles. The summed E-state index contributed by atoms with van der Waals surface area (Å²) in [7, 11) is 1.60. The van der Waals surface area contributed by atoms with E-state index in [1.165, 1.54) is 6.08 Å². The summed E-state index contributed by atoms with van der Waals surface area (Å²) in [6.45, 7) is 1.92. The number of carbonyl (C=O) groups excluding carboxylic acids is 1. The van der Waals surface area contributed by atoms with E-state index in [4.69, 9.17) is 10.5 Å². The Balaban J connectivity index is 2.39. The maximum atomic E-state index is 10.7. The normalized spacial score (nSPS) is 10.8. The van der Waals surface area contributed by atoms with E-state index in [2.05, 4.69) is 4.98 Å². The second-order valence-electron chi connectivity index (χ2n) is 4.09. The van der Waals surface area contributed by atoms with Crippen molar-refractivity contribution in [3.05, 3.63) is 48.1 Å². The molecule has 1 aromatic heterocycles. The van der Waals surface area contributed by atoms with Gasteiger partial charge in [-0.1, -0.05) is 6.07 Å². The second kappa shape index (κ2) is 5.39. The summed E-state index contributed by atoms with van der Waals surface area (Å²) in [5.74, 6) is 0.220. The molecule has 1 heterocycles. The molecule has 2 rings (SSSR count). The van der Waals surface area contributed by atoms with Gasteiger partial charge in [0.2, 0.25) is 5.91 Å². The number of ether oxygens (including phenoxy) is 1. The minimum atomic E-state index is -0.478. The summed E-state index contributed by atoms with van der Waals surface area (Å²) >= 11 is 0. The molecule has 0 radical (unpaired) electrons. The number of nitrogens with zero attached hydrogens (tertiary/aromatic N) is 2. The second-order valence-corrected chi connectivity index (χ2v) is 4.09. The van der Waals surface area contributed by atoms with Crippen molar-refractivity contribution in [2.45, 2.75) is 6.92 Å². The fourth-order valence-electron chi connectivity index (χ4n) is 1.74. The number of hydrogen-bond acceptors (Lipinski definition) is 3. The van der Waals surface area contributed by atoms with Crippen molar-refractivity contribution >= 4 is 12.0 Å². The van der Waals surface area contributed by atoms with Crippen LogP contribution < -0.4 is 10.5 Å². The Kier molecular flexibility index (Phi) is 3.66. The number of carbonyl (C=O) groups is 1. The molecule has 5 nitrogen and oxygen atoms in total. The van der Waals surface area contributed by atoms with E-state index in [0.29, 0.717) is 5.75 Å². The number of primary amides is 1. The van der Waals surface area contributed by atoms with E-state index in [1.807, 2.05) is 35.9 Å². The monoisotopic (exact) mass is 257 g/mol. The first kappa shape index (κ1) is 12.9. The Labute approximate surface area is 111 Å². The number of aryl methyl sites for hydroxylation is 1. The molecule has 0 unspecified atom stereocenters. The van der Waals surface area contributed by atoms with E-state index in [1.54, 1.807) is 19.5 Å². The van der Waals surface area contributed by atoms with Gasteiger partial charge in [-0.05, 0) is 30.7 Å². The summed E-state index contributed by atoms with van der Waals surface area (Å²) in [4.78, 5) is 14.9.